The Balaban J connectivity index is 1.92. The highest BCUT2D eigenvalue weighted by Crippen LogP contribution is 2.25. The molecule has 2 aromatic rings. The first-order valence-corrected chi connectivity index (χ1v) is 7.04. The zero-order chi connectivity index (χ0) is 15.5. The van der Waals surface area contributed by atoms with E-state index in [1.165, 1.54) is 24.5 Å². The summed E-state index contributed by atoms with van der Waals surface area (Å²) in [5.74, 6) is -0.561. The molecular formula is C13H11F4NO2S. The third kappa shape index (κ3) is 4.47. The molecule has 3 nitrogen and oxygen atoms in total. The summed E-state index contributed by atoms with van der Waals surface area (Å²) in [7, 11) is 0. The lowest BCUT2D eigenvalue weighted by Crippen LogP contribution is -2.30. The third-order valence-corrected chi connectivity index (χ3v) is 3.58. The molecule has 0 fully saturated rings. The first-order chi connectivity index (χ1) is 9.86. The summed E-state index contributed by atoms with van der Waals surface area (Å²) in [5.41, 5.74) is 0.871. The predicted octanol–water partition coefficient (Wildman–Crippen LogP) is 3.64. The van der Waals surface area contributed by atoms with Gasteiger partial charge in [-0.1, -0.05) is 6.07 Å². The SMILES string of the molecule is O[C@H](CSCc1coc(-c2cccc(F)c2)n1)C(F)(F)F. The fourth-order valence-electron chi connectivity index (χ4n) is 1.50. The molecule has 0 radical (unpaired) electrons. The van der Waals surface area contributed by atoms with Gasteiger partial charge < -0.3 is 9.52 Å². The average molecular weight is 321 g/mol. The van der Waals surface area contributed by atoms with Crippen LogP contribution in [-0.4, -0.2) is 28.1 Å². The number of oxazole rings is 1. The molecule has 1 aromatic heterocycles. The number of aromatic nitrogens is 1. The second-order valence-corrected chi connectivity index (χ2v) is 5.26. The van der Waals surface area contributed by atoms with Gasteiger partial charge in [-0.15, -0.1) is 0 Å². The van der Waals surface area contributed by atoms with E-state index in [9.17, 15) is 17.6 Å². The van der Waals surface area contributed by atoms with Gasteiger partial charge in [-0.25, -0.2) is 9.37 Å². The molecule has 0 amide bonds. The van der Waals surface area contributed by atoms with Gasteiger partial charge in [0.2, 0.25) is 5.89 Å². The molecule has 21 heavy (non-hydrogen) atoms. The van der Waals surface area contributed by atoms with Gasteiger partial charge in [-0.3, -0.25) is 0 Å². The largest absolute Gasteiger partial charge is 0.444 e. The molecule has 1 heterocycles. The normalized spacial score (nSPS) is 13.4. The zero-order valence-corrected chi connectivity index (χ0v) is 11.4. The van der Waals surface area contributed by atoms with E-state index in [0.717, 1.165) is 11.8 Å². The van der Waals surface area contributed by atoms with E-state index in [0.29, 0.717) is 11.3 Å². The van der Waals surface area contributed by atoms with Gasteiger partial charge in [0.1, 0.15) is 12.1 Å². The molecule has 0 spiro atoms. The molecule has 0 aliphatic rings. The number of hydrogen-bond acceptors (Lipinski definition) is 4. The van der Waals surface area contributed by atoms with Gasteiger partial charge in [-0.2, -0.15) is 24.9 Å². The minimum atomic E-state index is -4.62. The van der Waals surface area contributed by atoms with E-state index in [2.05, 4.69) is 4.98 Å². The van der Waals surface area contributed by atoms with Crippen LogP contribution in [-0.2, 0) is 5.75 Å². The van der Waals surface area contributed by atoms with Crippen LogP contribution in [0.4, 0.5) is 17.6 Å². The molecule has 0 unspecified atom stereocenters. The number of aliphatic hydroxyl groups is 1. The molecule has 1 atom stereocenters. The van der Waals surface area contributed by atoms with Crippen molar-refractivity contribution in [2.45, 2.75) is 18.0 Å². The summed E-state index contributed by atoms with van der Waals surface area (Å²) in [6.07, 6.45) is -5.69. The Hall–Kier alpha value is -1.54. The van der Waals surface area contributed by atoms with E-state index in [1.54, 1.807) is 6.07 Å². The second kappa shape index (κ2) is 6.48. The number of benzene rings is 1. The monoisotopic (exact) mass is 321 g/mol. The summed E-state index contributed by atoms with van der Waals surface area (Å²) in [4.78, 5) is 4.06. The Morgan fingerprint density at radius 3 is 2.76 bits per heavy atom. The number of alkyl halides is 3. The van der Waals surface area contributed by atoms with E-state index < -0.39 is 23.9 Å². The molecule has 8 heteroatoms. The molecule has 0 aliphatic heterocycles. The maximum Gasteiger partial charge on any atom is 0.415 e. The van der Waals surface area contributed by atoms with Crippen LogP contribution in [0.3, 0.4) is 0 Å². The van der Waals surface area contributed by atoms with Crippen LogP contribution in [0.2, 0.25) is 0 Å². The Morgan fingerprint density at radius 1 is 1.33 bits per heavy atom. The molecule has 2 rings (SSSR count). The van der Waals surface area contributed by atoms with Gasteiger partial charge in [0, 0.05) is 17.1 Å². The molecule has 0 bridgehead atoms. The Labute approximate surface area is 122 Å². The highest BCUT2D eigenvalue weighted by atomic mass is 32.2. The molecule has 114 valence electrons. The van der Waals surface area contributed by atoms with Crippen LogP contribution >= 0.6 is 11.8 Å². The number of rotatable bonds is 5. The zero-order valence-electron chi connectivity index (χ0n) is 10.6. The van der Waals surface area contributed by atoms with Crippen molar-refractivity contribution in [1.82, 2.24) is 4.98 Å². The summed E-state index contributed by atoms with van der Waals surface area (Å²) in [6, 6.07) is 5.64. The smallest absolute Gasteiger partial charge is 0.415 e. The standard InChI is InChI=1S/C13H11F4NO2S/c14-9-3-1-2-8(4-9)12-18-10(5-20-12)6-21-7-11(19)13(15,16)17/h1-5,11,19H,6-7H2/t11-/m1/s1. The summed E-state index contributed by atoms with van der Waals surface area (Å²) in [5, 5.41) is 8.85. The lowest BCUT2D eigenvalue weighted by atomic mass is 10.2. The van der Waals surface area contributed by atoms with Crippen LogP contribution in [0.25, 0.3) is 11.5 Å². The minimum absolute atomic E-state index is 0.159. The Bertz CT molecular complexity index is 600. The maximum atomic E-state index is 13.1. The van der Waals surface area contributed by atoms with Crippen molar-refractivity contribution in [1.29, 1.82) is 0 Å². The van der Waals surface area contributed by atoms with Gasteiger partial charge in [-0.05, 0) is 18.2 Å². The third-order valence-electron chi connectivity index (χ3n) is 2.53. The van der Waals surface area contributed by atoms with Gasteiger partial charge in [0.25, 0.3) is 0 Å². The molecule has 0 saturated heterocycles. The highest BCUT2D eigenvalue weighted by Gasteiger charge is 2.37. The quantitative estimate of drug-likeness (QED) is 0.854. The van der Waals surface area contributed by atoms with E-state index in [1.807, 2.05) is 0 Å². The van der Waals surface area contributed by atoms with Crippen molar-refractivity contribution in [2.75, 3.05) is 5.75 Å². The van der Waals surface area contributed by atoms with E-state index >= 15 is 0 Å². The van der Waals surface area contributed by atoms with E-state index in [4.69, 9.17) is 9.52 Å². The minimum Gasteiger partial charge on any atom is -0.444 e. The van der Waals surface area contributed by atoms with Gasteiger partial charge >= 0.3 is 6.18 Å². The topological polar surface area (TPSA) is 46.3 Å². The first kappa shape index (κ1) is 15.8. The molecule has 1 N–H and O–H groups in total. The number of halogens is 4. The van der Waals surface area contributed by atoms with Crippen molar-refractivity contribution < 1.29 is 27.1 Å². The van der Waals surface area contributed by atoms with Crippen molar-refractivity contribution in [2.24, 2.45) is 0 Å². The molecule has 1 aromatic carbocycles. The number of nitrogens with zero attached hydrogens (tertiary/aromatic N) is 1. The Morgan fingerprint density at radius 2 is 2.10 bits per heavy atom. The van der Waals surface area contributed by atoms with Crippen LogP contribution in [0.5, 0.6) is 0 Å². The lowest BCUT2D eigenvalue weighted by Gasteiger charge is -2.13. The highest BCUT2D eigenvalue weighted by molar-refractivity contribution is 7.98. The fraction of sp³-hybridized carbons (Fsp3) is 0.308. The van der Waals surface area contributed by atoms with Gasteiger partial charge in [0.15, 0.2) is 6.10 Å². The van der Waals surface area contributed by atoms with Crippen LogP contribution in [0.15, 0.2) is 34.9 Å². The molecule has 0 aliphatic carbocycles. The van der Waals surface area contributed by atoms with E-state index in [-0.39, 0.29) is 11.6 Å². The van der Waals surface area contributed by atoms with Crippen LogP contribution in [0, 0.1) is 5.82 Å². The number of hydrogen-bond donors (Lipinski definition) is 1. The summed E-state index contributed by atoms with van der Waals surface area (Å²) >= 11 is 0.886. The van der Waals surface area contributed by atoms with Crippen molar-refractivity contribution in [3.8, 4) is 11.5 Å². The number of aliphatic hydroxyl groups excluding tert-OH is 1. The van der Waals surface area contributed by atoms with Crippen molar-refractivity contribution >= 4 is 11.8 Å². The van der Waals surface area contributed by atoms with Crippen LogP contribution in [0.1, 0.15) is 5.69 Å². The molecular weight excluding hydrogens is 310 g/mol. The predicted molar refractivity (Wildman–Crippen MR) is 70.1 cm³/mol. The van der Waals surface area contributed by atoms with Crippen molar-refractivity contribution in [3.05, 3.63) is 42.0 Å². The lowest BCUT2D eigenvalue weighted by molar-refractivity contribution is -0.195. The second-order valence-electron chi connectivity index (χ2n) is 4.23. The maximum absolute atomic E-state index is 13.1. The first-order valence-electron chi connectivity index (χ1n) is 5.89. The number of thioether (sulfide) groups is 1. The Kier molecular flexibility index (Phi) is 4.89. The van der Waals surface area contributed by atoms with Gasteiger partial charge in [0.05, 0.1) is 5.69 Å². The summed E-state index contributed by atoms with van der Waals surface area (Å²) < 4.78 is 54.5. The fourth-order valence-corrected chi connectivity index (χ4v) is 2.37. The van der Waals surface area contributed by atoms with Crippen molar-refractivity contribution in [3.63, 3.8) is 0 Å². The molecule has 0 saturated carbocycles. The average Bonchev–Trinajstić information content (AvgIpc) is 2.86. The summed E-state index contributed by atoms with van der Waals surface area (Å²) in [6.45, 7) is 0. The van der Waals surface area contributed by atoms with Crippen LogP contribution < -0.4 is 0 Å².